The van der Waals surface area contributed by atoms with Crippen molar-refractivity contribution in [2.45, 2.75) is 25.9 Å². The molecule has 0 bridgehead atoms. The number of phenolic OH excluding ortho intramolecular Hbond substituents is 1. The highest BCUT2D eigenvalue weighted by atomic mass is 32.2. The van der Waals surface area contributed by atoms with Crippen LogP contribution in [0.4, 0.5) is 0 Å². The second-order valence-electron chi connectivity index (χ2n) is 4.06. The maximum atomic E-state index is 9.72. The van der Waals surface area contributed by atoms with Gasteiger partial charge in [-0.3, -0.25) is 0 Å². The fourth-order valence-corrected chi connectivity index (χ4v) is 2.10. The Balaban J connectivity index is 2.50. The van der Waals surface area contributed by atoms with Crippen molar-refractivity contribution in [1.82, 2.24) is 5.32 Å². The molecule has 1 rings (SSSR count). The standard InChI is InChI=1S/C13H21NO2S/c1-10(6-7-17-3)14-9-11-8-12(16-2)4-5-13(11)15/h4-5,8,10,14-15H,6-7,9H2,1-3H3. The molecule has 1 atom stereocenters. The highest BCUT2D eigenvalue weighted by Gasteiger charge is 2.05. The van der Waals surface area contributed by atoms with Crippen molar-refractivity contribution in [2.75, 3.05) is 19.1 Å². The molecule has 0 aliphatic carbocycles. The molecule has 1 unspecified atom stereocenters. The molecule has 3 nitrogen and oxygen atoms in total. The second-order valence-corrected chi connectivity index (χ2v) is 5.04. The molecule has 0 amide bonds. The van der Waals surface area contributed by atoms with Gasteiger partial charge in [-0.15, -0.1) is 0 Å². The van der Waals surface area contributed by atoms with Crippen LogP contribution in [0.25, 0.3) is 0 Å². The SMILES string of the molecule is COc1ccc(O)c(CNC(C)CCSC)c1. The van der Waals surface area contributed by atoms with E-state index in [4.69, 9.17) is 4.74 Å². The predicted octanol–water partition coefficient (Wildman–Crippen LogP) is 2.63. The number of hydrogen-bond acceptors (Lipinski definition) is 4. The Morgan fingerprint density at radius 3 is 2.88 bits per heavy atom. The molecule has 0 fully saturated rings. The molecular weight excluding hydrogens is 234 g/mol. The first-order valence-corrected chi connectivity index (χ1v) is 7.15. The van der Waals surface area contributed by atoms with E-state index in [2.05, 4.69) is 18.5 Å². The van der Waals surface area contributed by atoms with E-state index in [1.165, 1.54) is 0 Å². The summed E-state index contributed by atoms with van der Waals surface area (Å²) in [5.74, 6) is 2.24. The van der Waals surface area contributed by atoms with E-state index >= 15 is 0 Å². The lowest BCUT2D eigenvalue weighted by molar-refractivity contribution is 0.409. The summed E-state index contributed by atoms with van der Waals surface area (Å²) in [6.07, 6.45) is 3.24. The van der Waals surface area contributed by atoms with E-state index in [1.807, 2.05) is 17.8 Å². The lowest BCUT2D eigenvalue weighted by Gasteiger charge is -2.14. The number of phenols is 1. The maximum Gasteiger partial charge on any atom is 0.120 e. The second kappa shape index (κ2) is 7.45. The zero-order valence-corrected chi connectivity index (χ0v) is 11.5. The molecule has 1 aromatic carbocycles. The van der Waals surface area contributed by atoms with E-state index in [9.17, 15) is 5.11 Å². The first-order chi connectivity index (χ1) is 8.17. The Labute approximate surface area is 108 Å². The minimum absolute atomic E-state index is 0.315. The van der Waals surface area contributed by atoms with Gasteiger partial charge in [0.1, 0.15) is 11.5 Å². The summed E-state index contributed by atoms with van der Waals surface area (Å²) >= 11 is 1.85. The van der Waals surface area contributed by atoms with Crippen LogP contribution in [0.5, 0.6) is 11.5 Å². The topological polar surface area (TPSA) is 41.5 Å². The lowest BCUT2D eigenvalue weighted by atomic mass is 10.1. The molecule has 0 aliphatic rings. The molecule has 4 heteroatoms. The van der Waals surface area contributed by atoms with Crippen LogP contribution in [0.15, 0.2) is 18.2 Å². The Morgan fingerprint density at radius 2 is 2.24 bits per heavy atom. The number of thioether (sulfide) groups is 1. The van der Waals surface area contributed by atoms with Crippen LogP contribution >= 0.6 is 11.8 Å². The summed E-state index contributed by atoms with van der Waals surface area (Å²) in [5, 5.41) is 13.1. The molecule has 0 saturated heterocycles. The van der Waals surface area contributed by atoms with Crippen molar-refractivity contribution >= 4 is 11.8 Å². The summed E-state index contributed by atoms with van der Waals surface area (Å²) in [5.41, 5.74) is 0.875. The molecule has 0 saturated carbocycles. The fourth-order valence-electron chi connectivity index (χ4n) is 1.51. The van der Waals surface area contributed by atoms with E-state index in [1.54, 1.807) is 19.2 Å². The first-order valence-electron chi connectivity index (χ1n) is 5.75. The number of ether oxygens (including phenoxy) is 1. The van der Waals surface area contributed by atoms with Crippen LogP contribution < -0.4 is 10.1 Å². The van der Waals surface area contributed by atoms with Gasteiger partial charge < -0.3 is 15.2 Å². The summed E-state index contributed by atoms with van der Waals surface area (Å²) in [4.78, 5) is 0. The van der Waals surface area contributed by atoms with Crippen LogP contribution in [0.1, 0.15) is 18.9 Å². The summed E-state index contributed by atoms with van der Waals surface area (Å²) in [6.45, 7) is 2.83. The van der Waals surface area contributed by atoms with Crippen LogP contribution in [-0.4, -0.2) is 30.3 Å². The van der Waals surface area contributed by atoms with Crippen molar-refractivity contribution in [3.05, 3.63) is 23.8 Å². The number of methoxy groups -OCH3 is 1. The van der Waals surface area contributed by atoms with E-state index in [0.717, 1.165) is 23.5 Å². The van der Waals surface area contributed by atoms with E-state index < -0.39 is 0 Å². The van der Waals surface area contributed by atoms with Gasteiger partial charge in [0.05, 0.1) is 7.11 Å². The van der Waals surface area contributed by atoms with Gasteiger partial charge in [-0.25, -0.2) is 0 Å². The van der Waals surface area contributed by atoms with Gasteiger partial charge in [-0.2, -0.15) is 11.8 Å². The lowest BCUT2D eigenvalue weighted by Crippen LogP contribution is -2.26. The normalized spacial score (nSPS) is 12.4. The number of hydrogen-bond donors (Lipinski definition) is 2. The largest absolute Gasteiger partial charge is 0.508 e. The predicted molar refractivity (Wildman–Crippen MR) is 74.0 cm³/mol. The first kappa shape index (κ1) is 14.2. The smallest absolute Gasteiger partial charge is 0.120 e. The van der Waals surface area contributed by atoms with Crippen LogP contribution in [0.3, 0.4) is 0 Å². The van der Waals surface area contributed by atoms with E-state index in [0.29, 0.717) is 18.3 Å². The molecule has 17 heavy (non-hydrogen) atoms. The van der Waals surface area contributed by atoms with Gasteiger partial charge in [-0.1, -0.05) is 0 Å². The zero-order valence-electron chi connectivity index (χ0n) is 10.7. The Bertz CT molecular complexity index is 344. The van der Waals surface area contributed by atoms with Crippen molar-refractivity contribution in [1.29, 1.82) is 0 Å². The molecule has 96 valence electrons. The Hall–Kier alpha value is -0.870. The van der Waals surface area contributed by atoms with Crippen molar-refractivity contribution in [3.63, 3.8) is 0 Å². The molecule has 0 aliphatic heterocycles. The summed E-state index contributed by atoms with van der Waals surface area (Å²) < 4.78 is 5.14. The van der Waals surface area contributed by atoms with Gasteiger partial charge in [0, 0.05) is 18.2 Å². The van der Waals surface area contributed by atoms with E-state index in [-0.39, 0.29) is 0 Å². The monoisotopic (exact) mass is 255 g/mol. The molecule has 0 spiro atoms. The zero-order chi connectivity index (χ0) is 12.7. The number of rotatable bonds is 7. The minimum atomic E-state index is 0.315. The molecule has 1 aromatic rings. The molecule has 2 N–H and O–H groups in total. The maximum absolute atomic E-state index is 9.72. The number of nitrogens with one attached hydrogen (secondary N) is 1. The molecule has 0 aromatic heterocycles. The highest BCUT2D eigenvalue weighted by molar-refractivity contribution is 7.98. The van der Waals surface area contributed by atoms with Crippen molar-refractivity contribution in [3.8, 4) is 11.5 Å². The van der Waals surface area contributed by atoms with Crippen molar-refractivity contribution < 1.29 is 9.84 Å². The number of benzene rings is 1. The average molecular weight is 255 g/mol. The third kappa shape index (κ3) is 4.88. The van der Waals surface area contributed by atoms with Gasteiger partial charge in [-0.05, 0) is 43.6 Å². The van der Waals surface area contributed by atoms with Gasteiger partial charge >= 0.3 is 0 Å². The fraction of sp³-hybridized carbons (Fsp3) is 0.538. The third-order valence-corrected chi connectivity index (χ3v) is 3.33. The van der Waals surface area contributed by atoms with Gasteiger partial charge in [0.2, 0.25) is 0 Å². The average Bonchev–Trinajstić information content (AvgIpc) is 2.35. The molecule has 0 heterocycles. The van der Waals surface area contributed by atoms with Gasteiger partial charge in [0.25, 0.3) is 0 Å². The summed E-state index contributed by atoms with van der Waals surface area (Å²) in [6, 6.07) is 5.75. The van der Waals surface area contributed by atoms with Crippen LogP contribution in [0.2, 0.25) is 0 Å². The third-order valence-electron chi connectivity index (χ3n) is 2.68. The van der Waals surface area contributed by atoms with Crippen molar-refractivity contribution in [2.24, 2.45) is 0 Å². The quantitative estimate of drug-likeness (QED) is 0.786. The minimum Gasteiger partial charge on any atom is -0.508 e. The molecular formula is C13H21NO2S. The summed E-state index contributed by atoms with van der Waals surface area (Å²) in [7, 11) is 1.63. The Morgan fingerprint density at radius 1 is 1.47 bits per heavy atom. The highest BCUT2D eigenvalue weighted by Crippen LogP contribution is 2.22. The van der Waals surface area contributed by atoms with Gasteiger partial charge in [0.15, 0.2) is 0 Å². The number of aromatic hydroxyl groups is 1. The van der Waals surface area contributed by atoms with Crippen LogP contribution in [0, 0.1) is 0 Å². The Kier molecular flexibility index (Phi) is 6.22. The van der Waals surface area contributed by atoms with Crippen LogP contribution in [-0.2, 0) is 6.54 Å². The molecule has 0 radical (unpaired) electrons.